The molecular weight excluding hydrogens is 490 g/mol. The summed E-state index contributed by atoms with van der Waals surface area (Å²) in [6.07, 6.45) is 1.10. The average molecular weight is 524 g/mol. The SMILES string of the molecule is CC(C)(C)c1cc(-c2ccccn2)c2[nH]c(-c3cccc(C(c4ccccc4)C(O)c4ccccc4)n3)cc2c1. The maximum absolute atomic E-state index is 11.6. The monoisotopic (exact) mass is 523 g/mol. The number of nitrogens with zero attached hydrogens (tertiary/aromatic N) is 2. The largest absolute Gasteiger partial charge is 0.387 e. The standard InChI is InChI=1S/C36H33N3O/c1-36(2,3)27-21-26-22-32(39-34(26)28(23-27)29-17-10-11-20-37-29)30-18-12-19-31(38-30)33(24-13-6-4-7-14-24)35(40)25-15-8-5-9-16-25/h4-23,33,35,39-40H,1-3H3. The Balaban J connectivity index is 1.48. The van der Waals surface area contributed by atoms with Gasteiger partial charge in [-0.15, -0.1) is 0 Å². The number of pyridine rings is 2. The molecule has 0 saturated heterocycles. The molecule has 4 heteroatoms. The van der Waals surface area contributed by atoms with Gasteiger partial charge in [-0.25, -0.2) is 0 Å². The first kappa shape index (κ1) is 25.7. The van der Waals surface area contributed by atoms with Crippen LogP contribution >= 0.6 is 0 Å². The lowest BCUT2D eigenvalue weighted by molar-refractivity contribution is 0.157. The van der Waals surface area contributed by atoms with Crippen LogP contribution in [0.5, 0.6) is 0 Å². The molecule has 0 aliphatic heterocycles. The van der Waals surface area contributed by atoms with Crippen molar-refractivity contribution in [2.24, 2.45) is 0 Å². The first-order valence-corrected chi connectivity index (χ1v) is 13.7. The van der Waals surface area contributed by atoms with E-state index in [1.807, 2.05) is 85.1 Å². The highest BCUT2D eigenvalue weighted by atomic mass is 16.3. The average Bonchev–Trinajstić information content (AvgIpc) is 3.43. The summed E-state index contributed by atoms with van der Waals surface area (Å²) in [5, 5.41) is 12.7. The molecule has 2 atom stereocenters. The maximum Gasteiger partial charge on any atom is 0.0914 e. The smallest absolute Gasteiger partial charge is 0.0914 e. The van der Waals surface area contributed by atoms with Crippen molar-refractivity contribution in [2.45, 2.75) is 38.2 Å². The summed E-state index contributed by atoms with van der Waals surface area (Å²) in [6.45, 7) is 6.70. The Kier molecular flexibility index (Phi) is 6.79. The van der Waals surface area contributed by atoms with Gasteiger partial charge < -0.3 is 10.1 Å². The van der Waals surface area contributed by atoms with Crippen molar-refractivity contribution < 1.29 is 5.11 Å². The Hall–Kier alpha value is -4.54. The number of nitrogens with one attached hydrogen (secondary N) is 1. The molecule has 0 radical (unpaired) electrons. The molecule has 0 fully saturated rings. The van der Waals surface area contributed by atoms with Crippen LogP contribution in [-0.2, 0) is 5.41 Å². The van der Waals surface area contributed by atoms with Gasteiger partial charge in [-0.3, -0.25) is 9.97 Å². The molecular formula is C36H33N3O. The van der Waals surface area contributed by atoms with Gasteiger partial charge in [0, 0.05) is 17.1 Å². The summed E-state index contributed by atoms with van der Waals surface area (Å²) in [6, 6.07) is 38.7. The number of aromatic amines is 1. The molecule has 0 bridgehead atoms. The first-order chi connectivity index (χ1) is 19.4. The second-order valence-corrected chi connectivity index (χ2v) is 11.3. The third-order valence-electron chi connectivity index (χ3n) is 7.52. The Morgan fingerprint density at radius 2 is 1.38 bits per heavy atom. The summed E-state index contributed by atoms with van der Waals surface area (Å²) in [7, 11) is 0. The second-order valence-electron chi connectivity index (χ2n) is 11.3. The fourth-order valence-corrected chi connectivity index (χ4v) is 5.33. The zero-order chi connectivity index (χ0) is 27.7. The topological polar surface area (TPSA) is 61.8 Å². The highest BCUT2D eigenvalue weighted by Gasteiger charge is 2.26. The van der Waals surface area contributed by atoms with E-state index in [2.05, 4.69) is 67.1 Å². The van der Waals surface area contributed by atoms with E-state index in [0.717, 1.165) is 50.4 Å². The van der Waals surface area contributed by atoms with Crippen LogP contribution in [0, 0.1) is 0 Å². The lowest BCUT2D eigenvalue weighted by Crippen LogP contribution is -2.14. The van der Waals surface area contributed by atoms with Crippen LogP contribution in [-0.4, -0.2) is 20.1 Å². The first-order valence-electron chi connectivity index (χ1n) is 13.7. The van der Waals surface area contributed by atoms with E-state index in [4.69, 9.17) is 4.98 Å². The van der Waals surface area contributed by atoms with Crippen LogP contribution in [0.15, 0.2) is 121 Å². The lowest BCUT2D eigenvalue weighted by atomic mass is 9.85. The summed E-state index contributed by atoms with van der Waals surface area (Å²) in [5.74, 6) is -0.315. The summed E-state index contributed by atoms with van der Waals surface area (Å²) >= 11 is 0. The van der Waals surface area contributed by atoms with Gasteiger partial charge >= 0.3 is 0 Å². The predicted molar refractivity (Wildman–Crippen MR) is 163 cm³/mol. The number of hydrogen-bond donors (Lipinski definition) is 2. The molecule has 0 aliphatic rings. The van der Waals surface area contributed by atoms with Crippen molar-refractivity contribution in [3.63, 3.8) is 0 Å². The number of benzene rings is 3. The Labute approximate surface area is 235 Å². The fraction of sp³-hybridized carbons (Fsp3) is 0.167. The Bertz CT molecular complexity index is 1740. The van der Waals surface area contributed by atoms with E-state index < -0.39 is 6.10 Å². The van der Waals surface area contributed by atoms with Crippen molar-refractivity contribution in [1.82, 2.24) is 15.0 Å². The fourth-order valence-electron chi connectivity index (χ4n) is 5.33. The number of fused-ring (bicyclic) bond motifs is 1. The van der Waals surface area contributed by atoms with Gasteiger partial charge in [0.1, 0.15) is 0 Å². The van der Waals surface area contributed by atoms with E-state index in [1.54, 1.807) is 0 Å². The van der Waals surface area contributed by atoms with E-state index in [9.17, 15) is 5.11 Å². The molecule has 0 aliphatic carbocycles. The van der Waals surface area contributed by atoms with Crippen LogP contribution in [0.4, 0.5) is 0 Å². The molecule has 2 N–H and O–H groups in total. The Morgan fingerprint density at radius 3 is 2.05 bits per heavy atom. The van der Waals surface area contributed by atoms with Crippen molar-refractivity contribution in [1.29, 1.82) is 0 Å². The third-order valence-corrected chi connectivity index (χ3v) is 7.52. The third kappa shape index (κ3) is 5.06. The Morgan fingerprint density at radius 1 is 0.700 bits per heavy atom. The van der Waals surface area contributed by atoms with E-state index >= 15 is 0 Å². The van der Waals surface area contributed by atoms with Crippen LogP contribution in [0.1, 0.15) is 55.2 Å². The van der Waals surface area contributed by atoms with Crippen molar-refractivity contribution in [3.05, 3.63) is 144 Å². The lowest BCUT2D eigenvalue weighted by Gasteiger charge is -2.24. The number of aromatic nitrogens is 3. The minimum atomic E-state index is -0.737. The molecule has 6 aromatic rings. The maximum atomic E-state index is 11.6. The molecule has 0 spiro atoms. The van der Waals surface area contributed by atoms with E-state index in [0.29, 0.717) is 0 Å². The highest BCUT2D eigenvalue weighted by molar-refractivity contribution is 5.97. The molecule has 40 heavy (non-hydrogen) atoms. The van der Waals surface area contributed by atoms with Gasteiger partial charge in [0.2, 0.25) is 0 Å². The van der Waals surface area contributed by atoms with Crippen LogP contribution in [0.25, 0.3) is 33.5 Å². The highest BCUT2D eigenvalue weighted by Crippen LogP contribution is 2.38. The number of H-pyrrole nitrogens is 1. The van der Waals surface area contributed by atoms with Gasteiger partial charge in [-0.05, 0) is 64.6 Å². The van der Waals surface area contributed by atoms with E-state index in [-0.39, 0.29) is 11.3 Å². The van der Waals surface area contributed by atoms with Crippen LogP contribution in [0.3, 0.4) is 0 Å². The minimum absolute atomic E-state index is 0.0101. The van der Waals surface area contributed by atoms with Gasteiger partial charge in [0.05, 0.1) is 40.3 Å². The van der Waals surface area contributed by atoms with E-state index in [1.165, 1.54) is 5.56 Å². The molecule has 198 valence electrons. The molecule has 3 heterocycles. The van der Waals surface area contributed by atoms with Gasteiger partial charge in [0.15, 0.2) is 0 Å². The van der Waals surface area contributed by atoms with Gasteiger partial charge in [0.25, 0.3) is 0 Å². The molecule has 0 saturated carbocycles. The summed E-state index contributed by atoms with van der Waals surface area (Å²) in [4.78, 5) is 13.4. The van der Waals surface area contributed by atoms with Gasteiger partial charge in [-0.1, -0.05) is 93.6 Å². The quantitative estimate of drug-likeness (QED) is 0.230. The predicted octanol–water partition coefficient (Wildman–Crippen LogP) is 8.45. The number of aliphatic hydroxyl groups is 1. The van der Waals surface area contributed by atoms with Crippen molar-refractivity contribution >= 4 is 10.9 Å². The number of rotatable bonds is 6. The van der Waals surface area contributed by atoms with Crippen LogP contribution in [0.2, 0.25) is 0 Å². The number of aliphatic hydroxyl groups excluding tert-OH is 1. The molecule has 0 amide bonds. The van der Waals surface area contributed by atoms with Crippen molar-refractivity contribution in [2.75, 3.05) is 0 Å². The van der Waals surface area contributed by atoms with Gasteiger partial charge in [-0.2, -0.15) is 0 Å². The molecule has 2 unspecified atom stereocenters. The molecule has 3 aromatic heterocycles. The normalized spacial score (nSPS) is 13.3. The van der Waals surface area contributed by atoms with Crippen molar-refractivity contribution in [3.8, 4) is 22.6 Å². The number of hydrogen-bond acceptors (Lipinski definition) is 3. The minimum Gasteiger partial charge on any atom is -0.387 e. The molecule has 3 aromatic carbocycles. The second kappa shape index (κ2) is 10.6. The zero-order valence-corrected chi connectivity index (χ0v) is 23.0. The zero-order valence-electron chi connectivity index (χ0n) is 23.0. The molecule has 6 rings (SSSR count). The summed E-state index contributed by atoms with van der Waals surface area (Å²) in [5.41, 5.74) is 8.76. The summed E-state index contributed by atoms with van der Waals surface area (Å²) < 4.78 is 0. The molecule has 4 nitrogen and oxygen atoms in total. The van der Waals surface area contributed by atoms with Crippen LogP contribution < -0.4 is 0 Å².